The van der Waals surface area contributed by atoms with Gasteiger partial charge in [-0.1, -0.05) is 35.0 Å². The molecule has 0 fully saturated rings. The normalized spacial score (nSPS) is 18.4. The van der Waals surface area contributed by atoms with Crippen LogP contribution in [0.15, 0.2) is 28.7 Å². The summed E-state index contributed by atoms with van der Waals surface area (Å²) in [6.45, 7) is 6.63. The Bertz CT molecular complexity index is 586. The number of rotatable bonds is 2. The third-order valence-electron chi connectivity index (χ3n) is 3.94. The molecule has 0 spiro atoms. The molecule has 1 nitrogen and oxygen atoms in total. The number of fused-ring (bicyclic) bond motifs is 1. The Hall–Kier alpha value is -0.640. The van der Waals surface area contributed by atoms with Crippen LogP contribution in [0.2, 0.25) is 0 Å². The lowest BCUT2D eigenvalue weighted by atomic mass is 9.85. The summed E-state index contributed by atoms with van der Waals surface area (Å²) >= 11 is 5.49. The first-order valence-electron chi connectivity index (χ1n) is 6.78. The highest BCUT2D eigenvalue weighted by atomic mass is 79.9. The van der Waals surface area contributed by atoms with Gasteiger partial charge in [0.1, 0.15) is 0 Å². The van der Waals surface area contributed by atoms with Crippen molar-refractivity contribution in [3.63, 3.8) is 0 Å². The first-order chi connectivity index (χ1) is 9.20. The Kier molecular flexibility index (Phi) is 3.79. The maximum atomic E-state index is 3.57. The molecule has 2 heterocycles. The molecule has 0 saturated heterocycles. The number of hydrogen-bond donors (Lipinski definition) is 1. The molecule has 3 heteroatoms. The molecule has 1 aromatic heterocycles. The highest BCUT2D eigenvalue weighted by molar-refractivity contribution is 9.10. The number of nitrogens with one attached hydrogen (secondary N) is 1. The fraction of sp³-hybridized carbons (Fsp3) is 0.375. The van der Waals surface area contributed by atoms with Gasteiger partial charge in [0.15, 0.2) is 0 Å². The van der Waals surface area contributed by atoms with Crippen LogP contribution in [0.1, 0.15) is 39.3 Å². The van der Waals surface area contributed by atoms with Crippen LogP contribution in [0, 0.1) is 6.92 Å². The third-order valence-corrected chi connectivity index (χ3v) is 5.63. The molecular weight excluding hydrogens is 318 g/mol. The monoisotopic (exact) mass is 335 g/mol. The van der Waals surface area contributed by atoms with Crippen LogP contribution < -0.4 is 5.32 Å². The van der Waals surface area contributed by atoms with Crippen molar-refractivity contribution in [1.82, 2.24) is 5.32 Å². The minimum Gasteiger partial charge on any atom is -0.311 e. The van der Waals surface area contributed by atoms with Crippen LogP contribution in [0.5, 0.6) is 0 Å². The van der Waals surface area contributed by atoms with Crippen molar-refractivity contribution < 1.29 is 0 Å². The van der Waals surface area contributed by atoms with Crippen LogP contribution in [-0.4, -0.2) is 6.54 Å². The Balaban J connectivity index is 2.09. The van der Waals surface area contributed by atoms with Crippen LogP contribution in [0.4, 0.5) is 0 Å². The average molecular weight is 336 g/mol. The predicted molar refractivity (Wildman–Crippen MR) is 86.1 cm³/mol. The minimum absolute atomic E-state index is 0.511. The van der Waals surface area contributed by atoms with E-state index in [0.29, 0.717) is 5.92 Å². The molecule has 1 atom stereocenters. The van der Waals surface area contributed by atoms with E-state index in [-0.39, 0.29) is 0 Å². The highest BCUT2D eigenvalue weighted by Crippen LogP contribution is 2.39. The van der Waals surface area contributed by atoms with E-state index in [2.05, 4.69) is 59.4 Å². The smallest absolute Gasteiger partial charge is 0.0303 e. The largest absolute Gasteiger partial charge is 0.311 e. The number of thiophene rings is 1. The molecule has 0 amide bonds. The van der Waals surface area contributed by atoms with Crippen LogP contribution >= 0.6 is 27.3 Å². The number of halogens is 1. The zero-order valence-electron chi connectivity index (χ0n) is 11.3. The van der Waals surface area contributed by atoms with Gasteiger partial charge in [-0.15, -0.1) is 11.3 Å². The van der Waals surface area contributed by atoms with Gasteiger partial charge in [-0.25, -0.2) is 0 Å². The van der Waals surface area contributed by atoms with Gasteiger partial charge >= 0.3 is 0 Å². The van der Waals surface area contributed by atoms with Crippen molar-refractivity contribution >= 4 is 27.3 Å². The molecular formula is C16H18BrNS. The third kappa shape index (κ3) is 2.39. The second-order valence-electron chi connectivity index (χ2n) is 5.06. The Labute approximate surface area is 127 Å². The van der Waals surface area contributed by atoms with Crippen molar-refractivity contribution in [2.45, 2.75) is 32.7 Å². The summed E-state index contributed by atoms with van der Waals surface area (Å²) in [7, 11) is 0. The molecule has 0 aliphatic carbocycles. The highest BCUT2D eigenvalue weighted by Gasteiger charge is 2.27. The SMILES string of the molecule is CCc1c(C)sc2c1C(c1ccc(Br)cc1)CNC2. The van der Waals surface area contributed by atoms with Gasteiger partial charge < -0.3 is 5.32 Å². The second kappa shape index (κ2) is 5.39. The van der Waals surface area contributed by atoms with E-state index in [4.69, 9.17) is 0 Å². The molecule has 19 heavy (non-hydrogen) atoms. The Morgan fingerprint density at radius 3 is 2.74 bits per heavy atom. The van der Waals surface area contributed by atoms with Crippen molar-refractivity contribution in [1.29, 1.82) is 0 Å². The first kappa shape index (κ1) is 13.3. The van der Waals surface area contributed by atoms with Crippen LogP contribution in [-0.2, 0) is 13.0 Å². The van der Waals surface area contributed by atoms with Crippen molar-refractivity contribution in [3.8, 4) is 0 Å². The topological polar surface area (TPSA) is 12.0 Å². The fourth-order valence-electron chi connectivity index (χ4n) is 3.05. The molecule has 1 aromatic carbocycles. The summed E-state index contributed by atoms with van der Waals surface area (Å²) in [6, 6.07) is 8.79. The van der Waals surface area contributed by atoms with E-state index in [1.54, 1.807) is 11.1 Å². The standard InChI is InChI=1S/C16H18BrNS/c1-3-13-10(2)19-15-9-18-8-14(16(13)15)11-4-6-12(17)7-5-11/h4-7,14,18H,3,8-9H2,1-2H3. The minimum atomic E-state index is 0.511. The van der Waals surface area contributed by atoms with E-state index in [1.807, 2.05) is 11.3 Å². The summed E-state index contributed by atoms with van der Waals surface area (Å²) in [6.07, 6.45) is 1.14. The molecule has 1 aliphatic rings. The Morgan fingerprint density at radius 1 is 1.32 bits per heavy atom. The van der Waals surface area contributed by atoms with E-state index in [9.17, 15) is 0 Å². The van der Waals surface area contributed by atoms with Gasteiger partial charge in [-0.2, -0.15) is 0 Å². The summed E-state index contributed by atoms with van der Waals surface area (Å²) < 4.78 is 1.15. The van der Waals surface area contributed by atoms with Crippen molar-refractivity contribution in [3.05, 3.63) is 55.2 Å². The van der Waals surface area contributed by atoms with Crippen LogP contribution in [0.25, 0.3) is 0 Å². The van der Waals surface area contributed by atoms with Gasteiger partial charge in [-0.3, -0.25) is 0 Å². The molecule has 0 bridgehead atoms. The average Bonchev–Trinajstić information content (AvgIpc) is 2.74. The van der Waals surface area contributed by atoms with E-state index in [0.717, 1.165) is 24.0 Å². The molecule has 0 saturated carbocycles. The maximum absolute atomic E-state index is 3.57. The van der Waals surface area contributed by atoms with Gasteiger partial charge in [0.25, 0.3) is 0 Å². The maximum Gasteiger partial charge on any atom is 0.0303 e. The summed E-state index contributed by atoms with van der Waals surface area (Å²) in [4.78, 5) is 3.03. The van der Waals surface area contributed by atoms with E-state index in [1.165, 1.54) is 15.3 Å². The zero-order chi connectivity index (χ0) is 13.4. The van der Waals surface area contributed by atoms with E-state index < -0.39 is 0 Å². The molecule has 1 aliphatic heterocycles. The fourth-order valence-corrected chi connectivity index (χ4v) is 4.61. The number of hydrogen-bond acceptors (Lipinski definition) is 2. The second-order valence-corrected chi connectivity index (χ2v) is 7.29. The quantitative estimate of drug-likeness (QED) is 0.844. The lowest BCUT2D eigenvalue weighted by Crippen LogP contribution is -2.28. The van der Waals surface area contributed by atoms with Crippen molar-refractivity contribution in [2.24, 2.45) is 0 Å². The van der Waals surface area contributed by atoms with Gasteiger partial charge in [0, 0.05) is 33.2 Å². The molecule has 2 aromatic rings. The lowest BCUT2D eigenvalue weighted by Gasteiger charge is -2.25. The van der Waals surface area contributed by atoms with E-state index >= 15 is 0 Å². The number of benzene rings is 1. The first-order valence-corrected chi connectivity index (χ1v) is 8.39. The Morgan fingerprint density at radius 2 is 2.05 bits per heavy atom. The van der Waals surface area contributed by atoms with Crippen LogP contribution in [0.3, 0.4) is 0 Å². The number of aryl methyl sites for hydroxylation is 1. The summed E-state index contributed by atoms with van der Waals surface area (Å²) in [5.41, 5.74) is 4.60. The molecule has 1 N–H and O–H groups in total. The molecule has 3 rings (SSSR count). The molecule has 100 valence electrons. The zero-order valence-corrected chi connectivity index (χ0v) is 13.7. The molecule has 0 radical (unpaired) electrons. The van der Waals surface area contributed by atoms with Gasteiger partial charge in [0.05, 0.1) is 0 Å². The predicted octanol–water partition coefficient (Wildman–Crippen LogP) is 4.62. The lowest BCUT2D eigenvalue weighted by molar-refractivity contribution is 0.596. The van der Waals surface area contributed by atoms with Gasteiger partial charge in [-0.05, 0) is 42.2 Å². The molecule has 1 unspecified atom stereocenters. The van der Waals surface area contributed by atoms with Crippen molar-refractivity contribution in [2.75, 3.05) is 6.54 Å². The summed E-state index contributed by atoms with van der Waals surface area (Å²) in [5.74, 6) is 0.511. The van der Waals surface area contributed by atoms with Gasteiger partial charge in [0.2, 0.25) is 0 Å². The summed E-state index contributed by atoms with van der Waals surface area (Å²) in [5, 5.41) is 3.57.